The lowest BCUT2D eigenvalue weighted by atomic mass is 10.1. The van der Waals surface area contributed by atoms with Crippen LogP contribution in [0.5, 0.6) is 0 Å². The number of nitrogens with zero attached hydrogens (tertiary/aromatic N) is 1. The van der Waals surface area contributed by atoms with E-state index in [9.17, 15) is 13.2 Å². The number of nitrogens with one attached hydrogen (secondary N) is 3. The zero-order valence-electron chi connectivity index (χ0n) is 14.6. The number of rotatable bonds is 8. The minimum Gasteiger partial charge on any atom is -0.352 e. The van der Waals surface area contributed by atoms with E-state index in [2.05, 4.69) is 20.0 Å². The monoisotopic (exact) mass is 384 g/mol. The van der Waals surface area contributed by atoms with Crippen LogP contribution in [0.4, 0.5) is 0 Å². The third-order valence-corrected chi connectivity index (χ3v) is 5.33. The summed E-state index contributed by atoms with van der Waals surface area (Å²) in [6.45, 7) is 0.513. The first-order valence-corrected chi connectivity index (χ1v) is 9.93. The van der Waals surface area contributed by atoms with E-state index in [4.69, 9.17) is 0 Å². The van der Waals surface area contributed by atoms with Gasteiger partial charge in [0.1, 0.15) is 5.82 Å². The van der Waals surface area contributed by atoms with Gasteiger partial charge in [-0.25, -0.2) is 18.1 Å². The van der Waals surface area contributed by atoms with E-state index in [1.165, 1.54) is 12.1 Å². The third kappa shape index (κ3) is 5.25. The number of carbonyl (C=O) groups excluding carboxylic acids is 1. The molecule has 0 spiro atoms. The average molecular weight is 384 g/mol. The van der Waals surface area contributed by atoms with Gasteiger partial charge in [0.2, 0.25) is 10.0 Å². The molecular weight excluding hydrogens is 364 g/mol. The van der Waals surface area contributed by atoms with Gasteiger partial charge in [-0.15, -0.1) is 0 Å². The number of carbonyl (C=O) groups is 1. The summed E-state index contributed by atoms with van der Waals surface area (Å²) in [7, 11) is -3.75. The first kappa shape index (κ1) is 18.8. The molecule has 0 aliphatic rings. The third-order valence-electron chi connectivity index (χ3n) is 3.93. The number of hydrogen-bond donors (Lipinski definition) is 3. The van der Waals surface area contributed by atoms with Crippen LogP contribution < -0.4 is 10.0 Å². The van der Waals surface area contributed by atoms with Gasteiger partial charge in [0.15, 0.2) is 0 Å². The molecule has 0 atom stereocenters. The molecular formula is C19H20N4O3S. The maximum Gasteiger partial charge on any atom is 0.251 e. The lowest BCUT2D eigenvalue weighted by Crippen LogP contribution is -2.27. The molecule has 0 aliphatic heterocycles. The van der Waals surface area contributed by atoms with Gasteiger partial charge in [-0.3, -0.25) is 4.79 Å². The Hall–Kier alpha value is -2.97. The van der Waals surface area contributed by atoms with Crippen molar-refractivity contribution in [3.63, 3.8) is 0 Å². The summed E-state index contributed by atoms with van der Waals surface area (Å²) in [4.78, 5) is 19.1. The molecule has 0 fully saturated rings. The summed E-state index contributed by atoms with van der Waals surface area (Å²) in [5.41, 5.74) is 1.42. The molecule has 140 valence electrons. The topological polar surface area (TPSA) is 104 Å². The predicted octanol–water partition coefficient (Wildman–Crippen LogP) is 1.86. The minimum absolute atomic E-state index is 0.0322. The standard InChI is InChI=1S/C19H20N4O3S/c24-19(22-10-9-15-5-2-1-3-6-15)16-7-4-8-17(13-16)27(25,26)23-14-18-20-11-12-21-18/h1-8,11-13,23H,9-10,14H2,(H,20,21)(H,22,24). The Morgan fingerprint density at radius 1 is 1.07 bits per heavy atom. The van der Waals surface area contributed by atoms with Crippen molar-refractivity contribution in [2.75, 3.05) is 6.54 Å². The fraction of sp³-hybridized carbons (Fsp3) is 0.158. The molecule has 0 saturated heterocycles. The van der Waals surface area contributed by atoms with Gasteiger partial charge in [0.05, 0.1) is 11.4 Å². The molecule has 1 heterocycles. The average Bonchev–Trinajstić information content (AvgIpc) is 3.21. The summed E-state index contributed by atoms with van der Waals surface area (Å²) in [5, 5.41) is 2.81. The molecule has 2 aromatic carbocycles. The zero-order valence-corrected chi connectivity index (χ0v) is 15.4. The normalized spacial score (nSPS) is 11.3. The molecule has 3 aromatic rings. The predicted molar refractivity (Wildman–Crippen MR) is 102 cm³/mol. The molecule has 0 aliphatic carbocycles. The minimum atomic E-state index is -3.75. The van der Waals surface area contributed by atoms with Crippen LogP contribution in [0.2, 0.25) is 0 Å². The molecule has 8 heteroatoms. The van der Waals surface area contributed by atoms with E-state index >= 15 is 0 Å². The molecule has 0 bridgehead atoms. The summed E-state index contributed by atoms with van der Waals surface area (Å²) in [5.74, 6) is 0.197. The maximum absolute atomic E-state index is 12.4. The molecule has 0 saturated carbocycles. The Bertz CT molecular complexity index is 987. The molecule has 7 nitrogen and oxygen atoms in total. The summed E-state index contributed by atoms with van der Waals surface area (Å²) >= 11 is 0. The Labute approximate surface area is 157 Å². The number of sulfonamides is 1. The van der Waals surface area contributed by atoms with Crippen LogP contribution in [-0.4, -0.2) is 30.8 Å². The van der Waals surface area contributed by atoms with Crippen molar-refractivity contribution in [1.29, 1.82) is 0 Å². The number of H-pyrrole nitrogens is 1. The van der Waals surface area contributed by atoms with Crippen molar-refractivity contribution >= 4 is 15.9 Å². The maximum atomic E-state index is 12.4. The van der Waals surface area contributed by atoms with Crippen molar-refractivity contribution in [2.45, 2.75) is 17.9 Å². The highest BCUT2D eigenvalue weighted by Crippen LogP contribution is 2.12. The Morgan fingerprint density at radius 3 is 2.63 bits per heavy atom. The summed E-state index contributed by atoms with van der Waals surface area (Å²) in [6.07, 6.45) is 3.86. The summed E-state index contributed by atoms with van der Waals surface area (Å²) in [6, 6.07) is 15.8. The molecule has 0 unspecified atom stereocenters. The molecule has 0 radical (unpaired) electrons. The SMILES string of the molecule is O=C(NCCc1ccccc1)c1cccc(S(=O)(=O)NCc2ncc[nH]2)c1. The van der Waals surface area contributed by atoms with Crippen molar-refractivity contribution in [3.8, 4) is 0 Å². The molecule has 3 rings (SSSR count). The van der Waals surface area contributed by atoms with Gasteiger partial charge < -0.3 is 10.3 Å². The van der Waals surface area contributed by atoms with Gasteiger partial charge in [-0.05, 0) is 30.2 Å². The number of aromatic nitrogens is 2. The van der Waals surface area contributed by atoms with Crippen LogP contribution in [0.1, 0.15) is 21.7 Å². The van der Waals surface area contributed by atoms with Crippen LogP contribution in [0.25, 0.3) is 0 Å². The van der Waals surface area contributed by atoms with Crippen molar-refractivity contribution in [1.82, 2.24) is 20.0 Å². The van der Waals surface area contributed by atoms with Gasteiger partial charge in [0.25, 0.3) is 5.91 Å². The number of aromatic amines is 1. The number of imidazole rings is 1. The van der Waals surface area contributed by atoms with Crippen LogP contribution in [-0.2, 0) is 23.0 Å². The van der Waals surface area contributed by atoms with E-state index in [1.807, 2.05) is 30.3 Å². The van der Waals surface area contributed by atoms with Crippen LogP contribution in [0, 0.1) is 0 Å². The number of amides is 1. The Balaban J connectivity index is 1.61. The molecule has 1 amide bonds. The van der Waals surface area contributed by atoms with Crippen LogP contribution in [0.3, 0.4) is 0 Å². The lowest BCUT2D eigenvalue weighted by Gasteiger charge is -2.09. The van der Waals surface area contributed by atoms with E-state index in [1.54, 1.807) is 24.5 Å². The highest BCUT2D eigenvalue weighted by atomic mass is 32.2. The van der Waals surface area contributed by atoms with E-state index in [-0.39, 0.29) is 17.3 Å². The second kappa shape index (κ2) is 8.61. The van der Waals surface area contributed by atoms with Crippen molar-refractivity contribution in [2.24, 2.45) is 0 Å². The molecule has 1 aromatic heterocycles. The Morgan fingerprint density at radius 2 is 1.89 bits per heavy atom. The van der Waals surface area contributed by atoms with E-state index in [0.717, 1.165) is 5.56 Å². The second-order valence-corrected chi connectivity index (χ2v) is 7.65. The van der Waals surface area contributed by atoms with Gasteiger partial charge in [0, 0.05) is 24.5 Å². The first-order chi connectivity index (χ1) is 13.0. The fourth-order valence-corrected chi connectivity index (χ4v) is 3.55. The van der Waals surface area contributed by atoms with Gasteiger partial charge in [-0.2, -0.15) is 0 Å². The smallest absolute Gasteiger partial charge is 0.251 e. The lowest BCUT2D eigenvalue weighted by molar-refractivity contribution is 0.0954. The van der Waals surface area contributed by atoms with Crippen LogP contribution >= 0.6 is 0 Å². The highest BCUT2D eigenvalue weighted by Gasteiger charge is 2.16. The molecule has 3 N–H and O–H groups in total. The quantitative estimate of drug-likeness (QED) is 0.551. The van der Waals surface area contributed by atoms with E-state index in [0.29, 0.717) is 24.4 Å². The van der Waals surface area contributed by atoms with Crippen LogP contribution in [0.15, 0.2) is 71.9 Å². The summed E-state index contributed by atoms with van der Waals surface area (Å²) < 4.78 is 27.3. The molecule has 27 heavy (non-hydrogen) atoms. The number of hydrogen-bond acceptors (Lipinski definition) is 4. The van der Waals surface area contributed by atoms with Gasteiger partial charge >= 0.3 is 0 Å². The van der Waals surface area contributed by atoms with Gasteiger partial charge in [-0.1, -0.05) is 36.4 Å². The Kier molecular flexibility index (Phi) is 6.00. The first-order valence-electron chi connectivity index (χ1n) is 8.45. The van der Waals surface area contributed by atoms with E-state index < -0.39 is 10.0 Å². The van der Waals surface area contributed by atoms with Crippen molar-refractivity contribution in [3.05, 3.63) is 83.9 Å². The largest absolute Gasteiger partial charge is 0.352 e. The fourth-order valence-electron chi connectivity index (χ4n) is 2.51. The van der Waals surface area contributed by atoms with Crippen molar-refractivity contribution < 1.29 is 13.2 Å². The second-order valence-electron chi connectivity index (χ2n) is 5.88. The highest BCUT2D eigenvalue weighted by molar-refractivity contribution is 7.89. The number of benzene rings is 2. The zero-order chi connectivity index (χ0) is 19.1.